The largest absolute Gasteiger partial charge is 0.490 e. The molecule has 1 aromatic rings. The van der Waals surface area contributed by atoms with Gasteiger partial charge >= 0.3 is 0 Å². The van der Waals surface area contributed by atoms with Crippen molar-refractivity contribution >= 4 is 11.6 Å². The summed E-state index contributed by atoms with van der Waals surface area (Å²) in [5.41, 5.74) is 1.77. The second-order valence-electron chi connectivity index (χ2n) is 5.34. The molecule has 1 rings (SSSR count). The summed E-state index contributed by atoms with van der Waals surface area (Å²) in [6, 6.07) is 5.43. The van der Waals surface area contributed by atoms with Gasteiger partial charge in [-0.15, -0.1) is 0 Å². The van der Waals surface area contributed by atoms with Crippen molar-refractivity contribution in [2.75, 3.05) is 38.7 Å². The van der Waals surface area contributed by atoms with Crippen LogP contribution < -0.4 is 19.7 Å². The molecule has 122 valence electrons. The molecule has 0 aromatic heterocycles. The Kier molecular flexibility index (Phi) is 7.46. The van der Waals surface area contributed by atoms with E-state index < -0.39 is 0 Å². The highest BCUT2D eigenvalue weighted by atomic mass is 16.5. The zero-order chi connectivity index (χ0) is 16.5. The predicted molar refractivity (Wildman–Crippen MR) is 88.8 cm³/mol. The number of likely N-dealkylation sites (N-methyl/N-ethyl adjacent to an activating group) is 1. The molecule has 0 aliphatic heterocycles. The Balaban J connectivity index is 2.70. The normalized spacial score (nSPS) is 11.6. The minimum atomic E-state index is -0.0367. The Morgan fingerprint density at radius 1 is 1.18 bits per heavy atom. The molecule has 0 bridgehead atoms. The number of amides is 1. The van der Waals surface area contributed by atoms with Gasteiger partial charge in [-0.2, -0.15) is 0 Å². The van der Waals surface area contributed by atoms with Gasteiger partial charge < -0.3 is 19.7 Å². The van der Waals surface area contributed by atoms with Gasteiger partial charge in [-0.25, -0.2) is 0 Å². The highest BCUT2D eigenvalue weighted by Gasteiger charge is 2.12. The molecule has 0 aliphatic carbocycles. The highest BCUT2D eigenvalue weighted by Crippen LogP contribution is 2.30. The average Bonchev–Trinajstić information content (AvgIpc) is 2.41. The lowest BCUT2D eigenvalue weighted by atomic mass is 10.2. The van der Waals surface area contributed by atoms with E-state index >= 15 is 0 Å². The van der Waals surface area contributed by atoms with Crippen molar-refractivity contribution in [2.45, 2.75) is 20.8 Å². The van der Waals surface area contributed by atoms with E-state index in [2.05, 4.69) is 11.9 Å². The standard InChI is InChI=1S/C17H26N2O3/c1-6-21-15-9-8-14(10-16(15)22-7-2)18-17(20)12-19(5)11-13(3)4/h8-10H,3,6-7,11-12H2,1-2,4-5H3,(H,18,20)/p+1. The molecule has 0 radical (unpaired) electrons. The smallest absolute Gasteiger partial charge is 0.279 e. The third-order valence-corrected chi connectivity index (χ3v) is 2.89. The molecule has 0 heterocycles. The number of nitrogens with one attached hydrogen (secondary N) is 2. The van der Waals surface area contributed by atoms with Gasteiger partial charge in [-0.3, -0.25) is 4.79 Å². The van der Waals surface area contributed by atoms with Gasteiger partial charge in [-0.1, -0.05) is 6.58 Å². The Hall–Kier alpha value is -2.01. The van der Waals surface area contributed by atoms with Crippen LogP contribution in [0.15, 0.2) is 30.4 Å². The van der Waals surface area contributed by atoms with Crippen molar-refractivity contribution < 1.29 is 19.2 Å². The molecular formula is C17H27N2O3+. The molecule has 1 unspecified atom stereocenters. The van der Waals surface area contributed by atoms with E-state index in [0.717, 1.165) is 17.0 Å². The molecule has 5 heteroatoms. The monoisotopic (exact) mass is 307 g/mol. The first kappa shape index (κ1) is 18.0. The van der Waals surface area contributed by atoms with Crippen LogP contribution in [0, 0.1) is 0 Å². The summed E-state index contributed by atoms with van der Waals surface area (Å²) in [7, 11) is 1.97. The Labute approximate surface area is 132 Å². The molecule has 1 aromatic carbocycles. The van der Waals surface area contributed by atoms with Crippen molar-refractivity contribution in [3.05, 3.63) is 30.4 Å². The topological polar surface area (TPSA) is 52.0 Å². The third kappa shape index (κ3) is 6.18. The molecule has 0 fully saturated rings. The molecule has 0 spiro atoms. The lowest BCUT2D eigenvalue weighted by Gasteiger charge is -2.15. The zero-order valence-electron chi connectivity index (χ0n) is 14.0. The van der Waals surface area contributed by atoms with Crippen molar-refractivity contribution in [1.82, 2.24) is 0 Å². The van der Waals surface area contributed by atoms with Gasteiger partial charge in [0.05, 0.1) is 26.8 Å². The molecule has 0 aliphatic rings. The van der Waals surface area contributed by atoms with E-state index in [0.29, 0.717) is 36.9 Å². The van der Waals surface area contributed by atoms with Gasteiger partial charge in [0.25, 0.3) is 5.91 Å². The summed E-state index contributed by atoms with van der Waals surface area (Å²) >= 11 is 0. The van der Waals surface area contributed by atoms with Crippen LogP contribution in [0.25, 0.3) is 0 Å². The second kappa shape index (κ2) is 9.10. The fraction of sp³-hybridized carbons (Fsp3) is 0.471. The minimum Gasteiger partial charge on any atom is -0.490 e. The first-order valence-electron chi connectivity index (χ1n) is 7.61. The fourth-order valence-electron chi connectivity index (χ4n) is 2.19. The molecule has 1 amide bonds. The maximum Gasteiger partial charge on any atom is 0.279 e. The predicted octanol–water partition coefficient (Wildman–Crippen LogP) is 1.51. The number of quaternary nitrogens is 1. The number of hydrogen-bond donors (Lipinski definition) is 2. The number of anilines is 1. The Morgan fingerprint density at radius 3 is 2.41 bits per heavy atom. The van der Waals surface area contributed by atoms with Crippen molar-refractivity contribution in [3.63, 3.8) is 0 Å². The van der Waals surface area contributed by atoms with E-state index in [1.54, 1.807) is 6.07 Å². The zero-order valence-corrected chi connectivity index (χ0v) is 14.0. The van der Waals surface area contributed by atoms with E-state index in [4.69, 9.17) is 9.47 Å². The molecule has 0 saturated carbocycles. The van der Waals surface area contributed by atoms with Crippen LogP contribution in [0.2, 0.25) is 0 Å². The quantitative estimate of drug-likeness (QED) is 0.680. The lowest BCUT2D eigenvalue weighted by molar-refractivity contribution is -0.865. The van der Waals surface area contributed by atoms with Crippen LogP contribution in [0.3, 0.4) is 0 Å². The Morgan fingerprint density at radius 2 is 1.82 bits per heavy atom. The Bertz CT molecular complexity index is 515. The van der Waals surface area contributed by atoms with Gasteiger partial charge in [-0.05, 0) is 38.5 Å². The second-order valence-corrected chi connectivity index (χ2v) is 5.34. The van der Waals surface area contributed by atoms with Gasteiger partial charge in [0.1, 0.15) is 0 Å². The molecule has 1 atom stereocenters. The number of ether oxygens (including phenoxy) is 2. The van der Waals surface area contributed by atoms with Crippen LogP contribution >= 0.6 is 0 Å². The summed E-state index contributed by atoms with van der Waals surface area (Å²) in [4.78, 5) is 13.1. The van der Waals surface area contributed by atoms with Crippen molar-refractivity contribution in [1.29, 1.82) is 0 Å². The van der Waals surface area contributed by atoms with E-state index in [1.807, 2.05) is 40.0 Å². The third-order valence-electron chi connectivity index (χ3n) is 2.89. The molecule has 0 saturated heterocycles. The first-order chi connectivity index (χ1) is 10.5. The lowest BCUT2D eigenvalue weighted by Crippen LogP contribution is -3.10. The van der Waals surface area contributed by atoms with Crippen LogP contribution in [0.4, 0.5) is 5.69 Å². The summed E-state index contributed by atoms with van der Waals surface area (Å²) in [5.74, 6) is 1.29. The van der Waals surface area contributed by atoms with E-state index in [-0.39, 0.29) is 5.91 Å². The maximum atomic E-state index is 12.1. The molecule has 22 heavy (non-hydrogen) atoms. The number of rotatable bonds is 9. The molecule has 2 N–H and O–H groups in total. The fourth-order valence-corrected chi connectivity index (χ4v) is 2.19. The number of benzene rings is 1. The van der Waals surface area contributed by atoms with Crippen LogP contribution in [0.1, 0.15) is 20.8 Å². The number of carbonyl (C=O) groups excluding carboxylic acids is 1. The molecular weight excluding hydrogens is 280 g/mol. The van der Waals surface area contributed by atoms with E-state index in [1.165, 1.54) is 0 Å². The van der Waals surface area contributed by atoms with Gasteiger partial charge in [0.2, 0.25) is 0 Å². The summed E-state index contributed by atoms with van der Waals surface area (Å²) in [6.45, 7) is 11.9. The van der Waals surface area contributed by atoms with Crippen molar-refractivity contribution in [2.24, 2.45) is 0 Å². The summed E-state index contributed by atoms with van der Waals surface area (Å²) in [5, 5.41) is 2.89. The average molecular weight is 307 g/mol. The minimum absolute atomic E-state index is 0.0367. The highest BCUT2D eigenvalue weighted by molar-refractivity contribution is 5.91. The number of carbonyl (C=O) groups is 1. The van der Waals surface area contributed by atoms with Crippen LogP contribution in [0.5, 0.6) is 11.5 Å². The van der Waals surface area contributed by atoms with Crippen molar-refractivity contribution in [3.8, 4) is 11.5 Å². The van der Waals surface area contributed by atoms with Crippen LogP contribution in [-0.2, 0) is 4.79 Å². The number of hydrogen-bond acceptors (Lipinski definition) is 3. The maximum absolute atomic E-state index is 12.1. The summed E-state index contributed by atoms with van der Waals surface area (Å²) < 4.78 is 11.1. The SMILES string of the molecule is C=C(C)C[NH+](C)CC(=O)Nc1ccc(OCC)c(OCC)c1. The van der Waals surface area contributed by atoms with Crippen LogP contribution in [-0.4, -0.2) is 39.3 Å². The summed E-state index contributed by atoms with van der Waals surface area (Å²) in [6.07, 6.45) is 0. The van der Waals surface area contributed by atoms with E-state index in [9.17, 15) is 4.79 Å². The first-order valence-corrected chi connectivity index (χ1v) is 7.61. The van der Waals surface area contributed by atoms with Gasteiger partial charge in [0.15, 0.2) is 18.0 Å². The molecule has 5 nitrogen and oxygen atoms in total. The van der Waals surface area contributed by atoms with Gasteiger partial charge in [0, 0.05) is 11.8 Å².